The van der Waals surface area contributed by atoms with Crippen LogP contribution in [0, 0.1) is 0 Å². The van der Waals surface area contributed by atoms with Gasteiger partial charge in [-0.1, -0.05) is 12.2 Å². The summed E-state index contributed by atoms with van der Waals surface area (Å²) in [6, 6.07) is 0. The summed E-state index contributed by atoms with van der Waals surface area (Å²) < 4.78 is 0. The van der Waals surface area contributed by atoms with E-state index in [2.05, 4.69) is 11.9 Å². The average Bonchev–Trinajstić information content (AvgIpc) is 1.80. The third-order valence-corrected chi connectivity index (χ3v) is 1.14. The molecule has 0 aliphatic carbocycles. The second kappa shape index (κ2) is 3.53. The van der Waals surface area contributed by atoms with Gasteiger partial charge in [0.2, 0.25) is 5.91 Å². The maximum atomic E-state index is 11.1. The summed E-state index contributed by atoms with van der Waals surface area (Å²) in [5.74, 6) is -0.152. The smallest absolute Gasteiger partial charge is 0.239 e. The van der Waals surface area contributed by atoms with E-state index in [0.717, 1.165) is 5.57 Å². The summed E-state index contributed by atoms with van der Waals surface area (Å²) in [4.78, 5) is 11.1. The molecule has 0 heterocycles. The molecule has 3 nitrogen and oxygen atoms in total. The van der Waals surface area contributed by atoms with Gasteiger partial charge in [-0.05, 0) is 20.8 Å². The zero-order valence-corrected chi connectivity index (χ0v) is 7.40. The van der Waals surface area contributed by atoms with Crippen LogP contribution in [0.5, 0.6) is 0 Å². The van der Waals surface area contributed by atoms with E-state index in [4.69, 9.17) is 5.73 Å². The molecule has 64 valence electrons. The molecule has 0 aliphatic rings. The molecule has 0 aromatic rings. The number of hydrogen-bond acceptors (Lipinski definition) is 2. The highest BCUT2D eigenvalue weighted by Crippen LogP contribution is 1.95. The van der Waals surface area contributed by atoms with Crippen LogP contribution >= 0.6 is 0 Å². The highest BCUT2D eigenvalue weighted by molar-refractivity contribution is 5.85. The van der Waals surface area contributed by atoms with Crippen LogP contribution in [0.1, 0.15) is 20.8 Å². The maximum Gasteiger partial charge on any atom is 0.239 e. The molecule has 0 atom stereocenters. The van der Waals surface area contributed by atoms with E-state index in [-0.39, 0.29) is 5.91 Å². The van der Waals surface area contributed by atoms with Crippen molar-refractivity contribution in [2.24, 2.45) is 5.73 Å². The lowest BCUT2D eigenvalue weighted by Crippen LogP contribution is -2.49. The summed E-state index contributed by atoms with van der Waals surface area (Å²) in [6.45, 7) is 9.34. The SMILES string of the molecule is C=C(C)CNC(=O)C(C)(C)N. The lowest BCUT2D eigenvalue weighted by atomic mass is 10.1. The monoisotopic (exact) mass is 156 g/mol. The predicted molar refractivity (Wildman–Crippen MR) is 46.1 cm³/mol. The fraction of sp³-hybridized carbons (Fsp3) is 0.625. The lowest BCUT2D eigenvalue weighted by Gasteiger charge is -2.17. The Morgan fingerprint density at radius 3 is 2.36 bits per heavy atom. The van der Waals surface area contributed by atoms with Gasteiger partial charge < -0.3 is 11.1 Å². The number of carbonyl (C=O) groups is 1. The third-order valence-electron chi connectivity index (χ3n) is 1.14. The summed E-state index contributed by atoms with van der Waals surface area (Å²) in [6.07, 6.45) is 0. The first kappa shape index (κ1) is 10.2. The molecule has 0 rings (SSSR count). The molecule has 1 amide bonds. The summed E-state index contributed by atoms with van der Waals surface area (Å²) >= 11 is 0. The van der Waals surface area contributed by atoms with Gasteiger partial charge in [0.15, 0.2) is 0 Å². The molecule has 0 aromatic carbocycles. The molecule has 0 saturated carbocycles. The van der Waals surface area contributed by atoms with Crippen LogP contribution in [-0.2, 0) is 4.79 Å². The average molecular weight is 156 g/mol. The van der Waals surface area contributed by atoms with Crippen molar-refractivity contribution >= 4 is 5.91 Å². The van der Waals surface area contributed by atoms with Crippen LogP contribution in [-0.4, -0.2) is 18.0 Å². The van der Waals surface area contributed by atoms with E-state index in [1.807, 2.05) is 6.92 Å². The van der Waals surface area contributed by atoms with Gasteiger partial charge in [-0.3, -0.25) is 4.79 Å². The van der Waals surface area contributed by atoms with Gasteiger partial charge in [0.25, 0.3) is 0 Å². The van der Waals surface area contributed by atoms with Crippen LogP contribution in [0.4, 0.5) is 0 Å². The van der Waals surface area contributed by atoms with Gasteiger partial charge in [0.05, 0.1) is 5.54 Å². The first-order valence-electron chi connectivity index (χ1n) is 3.55. The molecule has 0 saturated heterocycles. The minimum atomic E-state index is -0.796. The summed E-state index contributed by atoms with van der Waals surface area (Å²) in [5.41, 5.74) is 5.65. The Balaban J connectivity index is 3.80. The molecular formula is C8H16N2O. The van der Waals surface area contributed by atoms with Gasteiger partial charge in [-0.15, -0.1) is 0 Å². The van der Waals surface area contributed by atoms with Crippen molar-refractivity contribution < 1.29 is 4.79 Å². The minimum absolute atomic E-state index is 0.152. The Hall–Kier alpha value is -0.830. The zero-order valence-electron chi connectivity index (χ0n) is 7.40. The van der Waals surface area contributed by atoms with Crippen LogP contribution in [0.25, 0.3) is 0 Å². The molecular weight excluding hydrogens is 140 g/mol. The maximum absolute atomic E-state index is 11.1. The van der Waals surface area contributed by atoms with Gasteiger partial charge in [-0.25, -0.2) is 0 Å². The quantitative estimate of drug-likeness (QED) is 0.582. The topological polar surface area (TPSA) is 55.1 Å². The van der Waals surface area contributed by atoms with Crippen molar-refractivity contribution in [1.29, 1.82) is 0 Å². The number of hydrogen-bond donors (Lipinski definition) is 2. The Bertz CT molecular complexity index is 167. The van der Waals surface area contributed by atoms with Crippen molar-refractivity contribution in [3.63, 3.8) is 0 Å². The molecule has 11 heavy (non-hydrogen) atoms. The van der Waals surface area contributed by atoms with E-state index in [0.29, 0.717) is 6.54 Å². The molecule has 0 aliphatic heterocycles. The first-order chi connectivity index (χ1) is 4.84. The first-order valence-corrected chi connectivity index (χ1v) is 3.55. The van der Waals surface area contributed by atoms with Crippen molar-refractivity contribution in [3.8, 4) is 0 Å². The Labute approximate surface area is 67.7 Å². The number of rotatable bonds is 3. The predicted octanol–water partition coefficient (Wildman–Crippen LogP) is 0.416. The highest BCUT2D eigenvalue weighted by Gasteiger charge is 2.20. The van der Waals surface area contributed by atoms with Gasteiger partial charge in [0, 0.05) is 6.54 Å². The second-order valence-corrected chi connectivity index (χ2v) is 3.36. The van der Waals surface area contributed by atoms with Crippen LogP contribution in [0.3, 0.4) is 0 Å². The number of nitrogens with one attached hydrogen (secondary N) is 1. The molecule has 3 heteroatoms. The molecule has 0 aromatic heterocycles. The van der Waals surface area contributed by atoms with Crippen molar-refractivity contribution in [2.45, 2.75) is 26.3 Å². The molecule has 0 unspecified atom stereocenters. The van der Waals surface area contributed by atoms with Gasteiger partial charge in [0.1, 0.15) is 0 Å². The molecule has 0 spiro atoms. The Kier molecular flexibility index (Phi) is 3.26. The largest absolute Gasteiger partial charge is 0.351 e. The molecule has 0 radical (unpaired) electrons. The molecule has 0 bridgehead atoms. The van der Waals surface area contributed by atoms with Crippen molar-refractivity contribution in [1.82, 2.24) is 5.32 Å². The number of carbonyl (C=O) groups excluding carboxylic acids is 1. The highest BCUT2D eigenvalue weighted by atomic mass is 16.2. The Morgan fingerprint density at radius 2 is 2.09 bits per heavy atom. The van der Waals surface area contributed by atoms with E-state index in [1.165, 1.54) is 0 Å². The number of nitrogens with two attached hydrogens (primary N) is 1. The van der Waals surface area contributed by atoms with Crippen molar-refractivity contribution in [2.75, 3.05) is 6.54 Å². The standard InChI is InChI=1S/C8H16N2O/c1-6(2)5-10-7(11)8(3,4)9/h1,5,9H2,2-4H3,(H,10,11). The number of amides is 1. The zero-order chi connectivity index (χ0) is 9.07. The van der Waals surface area contributed by atoms with E-state index < -0.39 is 5.54 Å². The molecule has 3 N–H and O–H groups in total. The van der Waals surface area contributed by atoms with Gasteiger partial charge in [-0.2, -0.15) is 0 Å². The van der Waals surface area contributed by atoms with Crippen LogP contribution in [0.2, 0.25) is 0 Å². The molecule has 0 fully saturated rings. The fourth-order valence-corrected chi connectivity index (χ4v) is 0.459. The second-order valence-electron chi connectivity index (χ2n) is 3.36. The van der Waals surface area contributed by atoms with Gasteiger partial charge >= 0.3 is 0 Å². The summed E-state index contributed by atoms with van der Waals surface area (Å²) in [5, 5.41) is 2.66. The normalized spacial score (nSPS) is 10.9. The van der Waals surface area contributed by atoms with E-state index in [9.17, 15) is 4.79 Å². The van der Waals surface area contributed by atoms with E-state index in [1.54, 1.807) is 13.8 Å². The summed E-state index contributed by atoms with van der Waals surface area (Å²) in [7, 11) is 0. The lowest BCUT2D eigenvalue weighted by molar-refractivity contribution is -0.125. The van der Waals surface area contributed by atoms with Crippen LogP contribution < -0.4 is 11.1 Å². The van der Waals surface area contributed by atoms with Crippen LogP contribution in [0.15, 0.2) is 12.2 Å². The third kappa shape index (κ3) is 4.56. The fourth-order valence-electron chi connectivity index (χ4n) is 0.459. The van der Waals surface area contributed by atoms with E-state index >= 15 is 0 Å². The Morgan fingerprint density at radius 1 is 1.64 bits per heavy atom. The minimum Gasteiger partial charge on any atom is -0.351 e. The van der Waals surface area contributed by atoms with Crippen molar-refractivity contribution in [3.05, 3.63) is 12.2 Å².